The molecule has 0 unspecified atom stereocenters. The van der Waals surface area contributed by atoms with Crippen molar-refractivity contribution in [1.29, 1.82) is 0 Å². The van der Waals surface area contributed by atoms with E-state index in [1.807, 2.05) is 66.7 Å². The minimum atomic E-state index is -2.95. The number of unbranched alkanes of at least 4 members (excludes halogenated alkanes) is 1. The maximum absolute atomic E-state index is 15.3. The van der Waals surface area contributed by atoms with E-state index >= 15 is 8.63 Å². The number of ether oxygens (including phenoxy) is 3. The molecule has 4 aromatic carbocycles. The van der Waals surface area contributed by atoms with Crippen LogP contribution in [0.2, 0.25) is 0 Å². The van der Waals surface area contributed by atoms with Crippen LogP contribution < -0.4 is 14.8 Å². The molecule has 0 atom stereocenters. The number of aliphatic imine (C=N–C) groups is 2. The maximum atomic E-state index is 15.3. The maximum Gasteiger partial charge on any atom is 0.679 e. The summed E-state index contributed by atoms with van der Waals surface area (Å²) < 4.78 is 48.0. The highest BCUT2D eigenvalue weighted by Crippen LogP contribution is 2.41. The zero-order valence-corrected chi connectivity index (χ0v) is 31.2. The van der Waals surface area contributed by atoms with Crippen molar-refractivity contribution in [3.63, 3.8) is 0 Å². The van der Waals surface area contributed by atoms with Crippen LogP contribution in [0, 0.1) is 0 Å². The van der Waals surface area contributed by atoms with Crippen LogP contribution in [-0.2, 0) is 9.53 Å². The van der Waals surface area contributed by atoms with E-state index in [9.17, 15) is 9.59 Å². The number of nitrogens with zero attached hydrogens (tertiary/aromatic N) is 3. The van der Waals surface area contributed by atoms with Gasteiger partial charge in [0.15, 0.2) is 12.4 Å². The van der Waals surface area contributed by atoms with Crippen molar-refractivity contribution in [1.82, 2.24) is 9.79 Å². The average molecular weight is 759 g/mol. The van der Waals surface area contributed by atoms with Crippen LogP contribution in [0.25, 0.3) is 28.0 Å². The van der Waals surface area contributed by atoms with Crippen LogP contribution in [0.15, 0.2) is 131 Å². The van der Waals surface area contributed by atoms with Crippen molar-refractivity contribution in [3.8, 4) is 33.9 Å². The Morgan fingerprint density at radius 1 is 0.804 bits per heavy atom. The highest BCUT2D eigenvalue weighted by atomic mass is 19.2. The Balaban J connectivity index is 1.30. The number of allylic oxidation sites excluding steroid dienone is 1. The number of carboxylic acids is 1. The van der Waals surface area contributed by atoms with Gasteiger partial charge in [0.05, 0.1) is 12.3 Å². The minimum absolute atomic E-state index is 0.0295. The predicted molar refractivity (Wildman–Crippen MR) is 215 cm³/mol. The van der Waals surface area contributed by atoms with Crippen LogP contribution in [0.3, 0.4) is 0 Å². The molecule has 10 nitrogen and oxygen atoms in total. The predicted octanol–water partition coefficient (Wildman–Crippen LogP) is 9.36. The lowest BCUT2D eigenvalue weighted by molar-refractivity contribution is -0.139. The molecular weight excluding hydrogens is 717 g/mol. The number of aromatic nitrogens is 1. The smallest absolute Gasteiger partial charge is 0.494 e. The van der Waals surface area contributed by atoms with Crippen LogP contribution >= 0.6 is 0 Å². The fraction of sp³-hybridized carbons (Fsp3) is 0.209. The number of hydrogen-bond donors (Lipinski definition) is 2. The summed E-state index contributed by atoms with van der Waals surface area (Å²) in [5, 5.41) is 11.7. The van der Waals surface area contributed by atoms with Gasteiger partial charge in [0.2, 0.25) is 0 Å². The van der Waals surface area contributed by atoms with Gasteiger partial charge in [0.25, 0.3) is 0 Å². The van der Waals surface area contributed by atoms with Gasteiger partial charge in [0, 0.05) is 28.9 Å². The Bertz CT molecular complexity index is 2230. The zero-order valence-electron chi connectivity index (χ0n) is 31.2. The number of amides is 1. The zero-order chi connectivity index (χ0) is 39.7. The molecule has 56 heavy (non-hydrogen) atoms. The first-order valence-corrected chi connectivity index (χ1v) is 18.1. The molecule has 0 aliphatic carbocycles. The number of carboxylic acid groups (broad SMARTS) is 1. The third kappa shape index (κ3) is 10.2. The fourth-order valence-corrected chi connectivity index (χ4v) is 5.96. The monoisotopic (exact) mass is 758 g/mol. The molecule has 0 saturated carbocycles. The Labute approximate surface area is 324 Å². The third-order valence-electron chi connectivity index (χ3n) is 8.51. The SMILES string of the molecule is CC(C)(C)OC(=O)NCCCCOc1ccc(-c2cc(-c3ccccc3)c(N=C3N=C(c4ccccc4)C=C3c3ccc(OCC(=O)O)cc3)n2B(F)F)cc1. The fourth-order valence-electron chi connectivity index (χ4n) is 5.96. The van der Waals surface area contributed by atoms with Crippen molar-refractivity contribution < 1.29 is 37.5 Å². The van der Waals surface area contributed by atoms with Gasteiger partial charge in [-0.05, 0) is 98.8 Å². The molecule has 0 bridgehead atoms. The molecule has 5 aromatic rings. The molecule has 1 aliphatic heterocycles. The van der Waals surface area contributed by atoms with E-state index in [4.69, 9.17) is 29.3 Å². The van der Waals surface area contributed by atoms with Gasteiger partial charge in [0.1, 0.15) is 22.9 Å². The van der Waals surface area contributed by atoms with Crippen LogP contribution in [-0.4, -0.2) is 66.0 Å². The summed E-state index contributed by atoms with van der Waals surface area (Å²) in [6.07, 6.45) is 2.77. The van der Waals surface area contributed by atoms with Gasteiger partial charge in [-0.25, -0.2) is 19.6 Å². The molecule has 13 heteroatoms. The van der Waals surface area contributed by atoms with Gasteiger partial charge >= 0.3 is 19.5 Å². The summed E-state index contributed by atoms with van der Waals surface area (Å²) in [6, 6.07) is 34.2. The summed E-state index contributed by atoms with van der Waals surface area (Å²) in [4.78, 5) is 32.6. The largest absolute Gasteiger partial charge is 0.679 e. The first kappa shape index (κ1) is 39.2. The number of alkyl carbamates (subject to hydrolysis) is 1. The van der Waals surface area contributed by atoms with E-state index in [-0.39, 0.29) is 17.3 Å². The highest BCUT2D eigenvalue weighted by Gasteiger charge is 2.30. The van der Waals surface area contributed by atoms with Gasteiger partial charge in [-0.3, -0.25) is 8.63 Å². The second-order valence-corrected chi connectivity index (χ2v) is 13.9. The molecule has 0 spiro atoms. The van der Waals surface area contributed by atoms with Gasteiger partial charge in [-0.2, -0.15) is 0 Å². The molecule has 1 amide bonds. The van der Waals surface area contributed by atoms with E-state index in [0.29, 0.717) is 71.0 Å². The summed E-state index contributed by atoms with van der Waals surface area (Å²) in [5.74, 6) is 0.111. The van der Waals surface area contributed by atoms with Gasteiger partial charge < -0.3 is 29.1 Å². The number of benzene rings is 4. The highest BCUT2D eigenvalue weighted by molar-refractivity contribution is 6.43. The van der Waals surface area contributed by atoms with Crippen molar-refractivity contribution in [2.75, 3.05) is 19.8 Å². The molecule has 286 valence electrons. The first-order valence-electron chi connectivity index (χ1n) is 18.1. The van der Waals surface area contributed by atoms with E-state index in [1.165, 1.54) is 0 Å². The standard InChI is InChI=1S/C43H41BF2N4O6/c1-43(2,3)56-42(53)47-24-10-11-25-54-33-22-18-32(19-23-33)38-27-36(29-12-6-4-7-13-29)41(50(38)44(45)46)49-40-35(26-37(48-40)31-14-8-5-9-15-31)30-16-20-34(21-17-30)55-28-39(51)52/h4-9,12-23,26-27H,10-11,24-25,28H2,1-3H3,(H,47,53)(H,51,52). The van der Waals surface area contributed by atoms with Crippen LogP contribution in [0.4, 0.5) is 19.2 Å². The molecule has 1 aromatic heterocycles. The number of amidine groups is 1. The minimum Gasteiger partial charge on any atom is -0.494 e. The number of hydrogen-bond acceptors (Lipinski definition) is 6. The number of nitrogens with one attached hydrogen (secondary N) is 1. The third-order valence-corrected chi connectivity index (χ3v) is 8.51. The molecule has 0 saturated heterocycles. The molecule has 0 radical (unpaired) electrons. The Morgan fingerprint density at radius 2 is 1.41 bits per heavy atom. The van der Waals surface area contributed by atoms with Gasteiger partial charge in [-0.15, -0.1) is 0 Å². The number of carbonyl (C=O) groups excluding carboxylic acids is 1. The molecule has 2 N–H and O–H groups in total. The van der Waals surface area contributed by atoms with Crippen molar-refractivity contribution >= 4 is 42.4 Å². The lowest BCUT2D eigenvalue weighted by atomic mass is 10.0. The average Bonchev–Trinajstić information content (AvgIpc) is 3.78. The topological polar surface area (TPSA) is 124 Å². The van der Waals surface area contributed by atoms with E-state index in [1.54, 1.807) is 75.4 Å². The Morgan fingerprint density at radius 3 is 2.02 bits per heavy atom. The number of carbonyl (C=O) groups is 2. The van der Waals surface area contributed by atoms with E-state index in [2.05, 4.69) is 5.32 Å². The summed E-state index contributed by atoms with van der Waals surface area (Å²) in [6.45, 7) is 5.78. The quantitative estimate of drug-likeness (QED) is 0.0811. The molecule has 6 rings (SSSR count). The summed E-state index contributed by atoms with van der Waals surface area (Å²) in [5.41, 5.74) is 4.14. The molecular formula is C43H41BF2N4O6. The number of rotatable bonds is 15. The second kappa shape index (κ2) is 17.8. The van der Waals surface area contributed by atoms with Crippen molar-refractivity contribution in [2.24, 2.45) is 9.98 Å². The molecule has 0 fully saturated rings. The normalized spacial score (nSPS) is 13.2. The van der Waals surface area contributed by atoms with Gasteiger partial charge in [-0.1, -0.05) is 72.8 Å². The molecule has 1 aliphatic rings. The van der Waals surface area contributed by atoms with E-state index in [0.717, 1.165) is 10.0 Å². The molecule has 2 heterocycles. The lowest BCUT2D eigenvalue weighted by Gasteiger charge is -2.19. The lowest BCUT2D eigenvalue weighted by Crippen LogP contribution is -2.33. The van der Waals surface area contributed by atoms with Crippen LogP contribution in [0.5, 0.6) is 11.5 Å². The summed E-state index contributed by atoms with van der Waals surface area (Å²) >= 11 is 0. The Hall–Kier alpha value is -6.50. The summed E-state index contributed by atoms with van der Waals surface area (Å²) in [7, 11) is -2.95. The van der Waals surface area contributed by atoms with Crippen LogP contribution in [0.1, 0.15) is 44.7 Å². The first-order chi connectivity index (χ1) is 26.9. The number of halogens is 2. The van der Waals surface area contributed by atoms with E-state index < -0.39 is 31.7 Å². The van der Waals surface area contributed by atoms with Crippen molar-refractivity contribution in [2.45, 2.75) is 39.2 Å². The van der Waals surface area contributed by atoms with Crippen molar-refractivity contribution in [3.05, 3.63) is 132 Å². The Kier molecular flexibility index (Phi) is 12.4. The number of aliphatic carboxylic acids is 1. The second-order valence-electron chi connectivity index (χ2n) is 13.9.